The molecule has 44 heavy (non-hydrogen) atoms. The lowest BCUT2D eigenvalue weighted by atomic mass is 9.43. The van der Waals surface area contributed by atoms with E-state index < -0.39 is 70.3 Å². The minimum atomic E-state index is -1.80. The van der Waals surface area contributed by atoms with E-state index in [1.54, 1.807) is 32.9 Å². The fourth-order valence-electron chi connectivity index (χ4n) is 7.27. The third-order valence-electron chi connectivity index (χ3n) is 10.2. The third kappa shape index (κ3) is 5.74. The molecule has 0 amide bonds. The Bertz CT molecular complexity index is 1370. The molecule has 4 rings (SSSR count). The fourth-order valence-corrected chi connectivity index (χ4v) is 7.27. The summed E-state index contributed by atoms with van der Waals surface area (Å²) in [6.07, 6.45) is 3.03. The number of nitrogens with zero attached hydrogens (tertiary/aromatic N) is 1. The molecule has 0 spiro atoms. The lowest BCUT2D eigenvalue weighted by molar-refractivity contribution is -0.277. The largest absolute Gasteiger partial charge is 0.502 e. The van der Waals surface area contributed by atoms with E-state index in [2.05, 4.69) is 11.1 Å². The van der Waals surface area contributed by atoms with Crippen molar-refractivity contribution in [1.82, 2.24) is 4.98 Å². The van der Waals surface area contributed by atoms with Crippen molar-refractivity contribution in [2.45, 2.75) is 98.1 Å². The molecule has 1 aliphatic heterocycles. The number of hydrogen-bond acceptors (Lipinski definition) is 11. The van der Waals surface area contributed by atoms with Crippen molar-refractivity contribution >= 4 is 23.9 Å². The summed E-state index contributed by atoms with van der Waals surface area (Å²) in [6.45, 7) is 11.9. The van der Waals surface area contributed by atoms with Gasteiger partial charge in [-0.1, -0.05) is 39.3 Å². The number of allylic oxidation sites excluding steroid dienone is 1. The van der Waals surface area contributed by atoms with Crippen LogP contribution in [0.25, 0.3) is 0 Å². The quantitative estimate of drug-likeness (QED) is 0.231. The van der Waals surface area contributed by atoms with Crippen molar-refractivity contribution in [2.24, 2.45) is 22.7 Å². The number of esters is 4. The van der Waals surface area contributed by atoms with Gasteiger partial charge in [-0.05, 0) is 57.6 Å². The van der Waals surface area contributed by atoms with Crippen LogP contribution in [0, 0.1) is 22.7 Å². The molecule has 0 saturated heterocycles. The molecule has 11 heteroatoms. The third-order valence-corrected chi connectivity index (χ3v) is 10.2. The Kier molecular flexibility index (Phi) is 9.30. The molecule has 1 saturated carbocycles. The number of carbonyl (C=O) groups is 4. The SMILES string of the molecule is CC(=O)OC(C(=O)O[C@H]1[C@H](OC(=O)c2cccnc2)[C@@]2(C)C(C)=CCC[C@@H]2[C@@](C)(CCC2=C(O)C(=O)OC2)[C@@]1(C)O)C(C)C. The Morgan fingerprint density at radius 1 is 1.16 bits per heavy atom. The van der Waals surface area contributed by atoms with Gasteiger partial charge in [-0.2, -0.15) is 0 Å². The highest BCUT2D eigenvalue weighted by Crippen LogP contribution is 2.64. The van der Waals surface area contributed by atoms with Crippen LogP contribution in [0.1, 0.15) is 84.5 Å². The number of aliphatic hydroxyl groups is 2. The van der Waals surface area contributed by atoms with Gasteiger partial charge in [0, 0.05) is 41.6 Å². The van der Waals surface area contributed by atoms with Crippen molar-refractivity contribution in [2.75, 3.05) is 6.61 Å². The van der Waals surface area contributed by atoms with Crippen LogP contribution in [-0.4, -0.2) is 69.6 Å². The van der Waals surface area contributed by atoms with Gasteiger partial charge in [0.05, 0.1) is 5.56 Å². The first-order valence-corrected chi connectivity index (χ1v) is 15.0. The molecular weight excluding hydrogens is 570 g/mol. The Labute approximate surface area is 257 Å². The molecule has 0 bridgehead atoms. The van der Waals surface area contributed by atoms with Gasteiger partial charge in [0.1, 0.15) is 12.2 Å². The summed E-state index contributed by atoms with van der Waals surface area (Å²) in [5, 5.41) is 22.9. The maximum Gasteiger partial charge on any atom is 0.373 e. The summed E-state index contributed by atoms with van der Waals surface area (Å²) in [6, 6.07) is 3.16. The van der Waals surface area contributed by atoms with E-state index in [0.29, 0.717) is 24.8 Å². The number of aromatic nitrogens is 1. The molecule has 240 valence electrons. The van der Waals surface area contributed by atoms with Gasteiger partial charge in [0.15, 0.2) is 12.2 Å². The van der Waals surface area contributed by atoms with E-state index in [4.69, 9.17) is 18.9 Å². The number of ether oxygens (including phenoxy) is 4. The molecule has 2 aliphatic carbocycles. The van der Waals surface area contributed by atoms with Crippen LogP contribution >= 0.6 is 0 Å². The fraction of sp³-hybridized carbons (Fsp3) is 0.606. The maximum atomic E-state index is 13.7. The minimum absolute atomic E-state index is 0.0496. The van der Waals surface area contributed by atoms with Gasteiger partial charge in [0.25, 0.3) is 0 Å². The summed E-state index contributed by atoms with van der Waals surface area (Å²) in [4.78, 5) is 55.0. The van der Waals surface area contributed by atoms with Gasteiger partial charge in [-0.25, -0.2) is 14.4 Å². The predicted octanol–water partition coefficient (Wildman–Crippen LogP) is 4.39. The second-order valence-corrected chi connectivity index (χ2v) is 13.1. The molecule has 0 aromatic carbocycles. The zero-order valence-electron chi connectivity index (χ0n) is 26.4. The van der Waals surface area contributed by atoms with Crippen molar-refractivity contribution in [3.05, 3.63) is 53.1 Å². The first-order valence-electron chi connectivity index (χ1n) is 15.0. The molecule has 0 radical (unpaired) electrons. The van der Waals surface area contributed by atoms with Crippen LogP contribution in [-0.2, 0) is 33.3 Å². The number of carbonyl (C=O) groups excluding carboxylic acids is 4. The smallest absolute Gasteiger partial charge is 0.373 e. The lowest BCUT2D eigenvalue weighted by Gasteiger charge is -2.65. The summed E-state index contributed by atoms with van der Waals surface area (Å²) in [5.74, 6) is -4.19. The maximum absolute atomic E-state index is 13.7. The van der Waals surface area contributed by atoms with E-state index in [-0.39, 0.29) is 24.5 Å². The van der Waals surface area contributed by atoms with Gasteiger partial charge in [0.2, 0.25) is 11.9 Å². The van der Waals surface area contributed by atoms with Gasteiger partial charge in [-0.15, -0.1) is 0 Å². The minimum Gasteiger partial charge on any atom is -0.502 e. The summed E-state index contributed by atoms with van der Waals surface area (Å²) >= 11 is 0. The monoisotopic (exact) mass is 613 g/mol. The normalized spacial score (nSPS) is 32.3. The highest BCUT2D eigenvalue weighted by molar-refractivity contribution is 5.89. The molecule has 1 aromatic heterocycles. The standard InChI is InChI=1S/C33H43NO10/c1-18(2)25(42-20(4)35)30(39)44-27-26(43-28(37)21-11-9-15-34-16-21)32(6)19(3)10-8-12-23(32)31(5,33(27,7)40)14-13-22-17-41-29(38)24(22)36/h9-11,15-16,18,23,25-27,36,40H,8,12-14,17H2,1-7H3/t23-,25?,26+,27+,31-,32+,33+/m1/s1. The molecule has 11 nitrogen and oxygen atoms in total. The van der Waals surface area contributed by atoms with Gasteiger partial charge in [-0.3, -0.25) is 9.78 Å². The molecule has 2 N–H and O–H groups in total. The predicted molar refractivity (Wildman–Crippen MR) is 157 cm³/mol. The number of pyridine rings is 1. The van der Waals surface area contributed by atoms with E-state index in [1.165, 1.54) is 19.3 Å². The lowest BCUT2D eigenvalue weighted by Crippen LogP contribution is -2.73. The highest BCUT2D eigenvalue weighted by Gasteiger charge is 2.70. The van der Waals surface area contributed by atoms with Crippen molar-refractivity contribution in [1.29, 1.82) is 0 Å². The zero-order valence-corrected chi connectivity index (χ0v) is 26.4. The number of aliphatic hydroxyl groups excluding tert-OH is 1. The summed E-state index contributed by atoms with van der Waals surface area (Å²) < 4.78 is 22.6. The first-order chi connectivity index (χ1) is 20.6. The Balaban J connectivity index is 1.84. The Morgan fingerprint density at radius 2 is 1.86 bits per heavy atom. The Hall–Kier alpha value is -3.73. The molecule has 7 atom stereocenters. The zero-order chi connectivity index (χ0) is 32.6. The average molecular weight is 614 g/mol. The number of cyclic esters (lactones) is 1. The van der Waals surface area contributed by atoms with E-state index in [9.17, 15) is 29.4 Å². The van der Waals surface area contributed by atoms with Crippen LogP contribution < -0.4 is 0 Å². The second-order valence-electron chi connectivity index (χ2n) is 13.1. The molecule has 1 aromatic rings. The van der Waals surface area contributed by atoms with Gasteiger partial charge < -0.3 is 29.2 Å². The topological polar surface area (TPSA) is 159 Å². The van der Waals surface area contributed by atoms with Crippen molar-refractivity contribution in [3.8, 4) is 0 Å². The van der Waals surface area contributed by atoms with Crippen molar-refractivity contribution < 1.29 is 48.3 Å². The van der Waals surface area contributed by atoms with Crippen LogP contribution in [0.5, 0.6) is 0 Å². The number of hydrogen-bond donors (Lipinski definition) is 2. The molecular formula is C33H43NO10. The molecule has 1 unspecified atom stereocenters. The van der Waals surface area contributed by atoms with Gasteiger partial charge >= 0.3 is 23.9 Å². The van der Waals surface area contributed by atoms with Crippen LogP contribution in [0.4, 0.5) is 0 Å². The first kappa shape index (κ1) is 33.2. The second kappa shape index (κ2) is 12.3. The number of fused-ring (bicyclic) bond motifs is 1. The number of rotatable bonds is 9. The van der Waals surface area contributed by atoms with E-state index in [0.717, 1.165) is 5.57 Å². The van der Waals surface area contributed by atoms with E-state index >= 15 is 0 Å². The molecule has 3 aliphatic rings. The molecule has 1 fully saturated rings. The van der Waals surface area contributed by atoms with Crippen LogP contribution in [0.3, 0.4) is 0 Å². The van der Waals surface area contributed by atoms with Crippen LogP contribution in [0.15, 0.2) is 47.5 Å². The van der Waals surface area contributed by atoms with Crippen LogP contribution in [0.2, 0.25) is 0 Å². The Morgan fingerprint density at radius 3 is 2.43 bits per heavy atom. The highest BCUT2D eigenvalue weighted by atomic mass is 16.6. The average Bonchev–Trinajstić information content (AvgIpc) is 3.29. The molecule has 2 heterocycles. The summed E-state index contributed by atoms with van der Waals surface area (Å²) in [5.41, 5.74) is -2.19. The van der Waals surface area contributed by atoms with Crippen molar-refractivity contribution in [3.63, 3.8) is 0 Å². The summed E-state index contributed by atoms with van der Waals surface area (Å²) in [7, 11) is 0. The van der Waals surface area contributed by atoms with E-state index in [1.807, 2.05) is 20.8 Å².